The largest absolute Gasteiger partial charge is 2.00 e. The van der Waals surface area contributed by atoms with Crippen LogP contribution in [0.15, 0.2) is 0 Å². The molecule has 0 radical (unpaired) electrons. The predicted octanol–water partition coefficient (Wildman–Crippen LogP) is -2.21. The Hall–Kier alpha value is 0.943. The Morgan fingerprint density at radius 2 is 1.73 bits per heavy atom. The third-order valence-corrected chi connectivity index (χ3v) is 2.42. The maximum atomic E-state index is 9.83. The van der Waals surface area contributed by atoms with Crippen LogP contribution in [0.3, 0.4) is 0 Å². The van der Waals surface area contributed by atoms with Crippen LogP contribution >= 0.6 is 7.60 Å². The molecular weight excluding hydrogens is 274 g/mol. The molecule has 6 nitrogen and oxygen atoms in total. The van der Waals surface area contributed by atoms with E-state index in [4.69, 9.17) is 4.55 Å². The van der Waals surface area contributed by atoms with Gasteiger partial charge in [0.1, 0.15) is 0 Å². The van der Waals surface area contributed by atoms with Crippen molar-refractivity contribution in [2.75, 3.05) is 11.9 Å². The Kier molecular flexibility index (Phi) is 6.37. The normalized spacial score (nSPS) is 12.3. The van der Waals surface area contributed by atoms with Crippen LogP contribution in [0.1, 0.15) is 0 Å². The molecule has 0 atom stereocenters. The monoisotopic (exact) mass is 278 g/mol. The zero-order valence-electron chi connectivity index (χ0n) is 5.26. The van der Waals surface area contributed by atoms with Gasteiger partial charge in [0.05, 0.1) is 5.75 Å². The fourth-order valence-electron chi connectivity index (χ4n) is 0.227. The molecule has 9 heteroatoms. The molecule has 0 amide bonds. The van der Waals surface area contributed by atoms with Crippen LogP contribution in [0.5, 0.6) is 0 Å². The minimum atomic E-state index is -4.80. The summed E-state index contributed by atoms with van der Waals surface area (Å²) in [6.45, 7) is 0. The summed E-state index contributed by atoms with van der Waals surface area (Å²) in [4.78, 5) is 19.5. The topological polar surface area (TPSA) is 118 Å². The molecule has 0 aliphatic rings. The summed E-state index contributed by atoms with van der Waals surface area (Å²) < 4.78 is 37.4. The van der Waals surface area contributed by atoms with Gasteiger partial charge >= 0.3 is 26.2 Å². The molecule has 0 aromatic carbocycles. The van der Waals surface area contributed by atoms with Gasteiger partial charge in [-0.3, -0.25) is 4.55 Å². The van der Waals surface area contributed by atoms with Gasteiger partial charge in [-0.15, -0.1) is 0 Å². The molecule has 0 fully saturated rings. The van der Waals surface area contributed by atoms with E-state index in [-0.39, 0.29) is 26.2 Å². The Morgan fingerprint density at radius 1 is 1.36 bits per heavy atom. The van der Waals surface area contributed by atoms with E-state index in [0.717, 1.165) is 0 Å². The first-order valence-corrected chi connectivity index (χ1v) is 5.51. The van der Waals surface area contributed by atoms with E-state index in [1.807, 2.05) is 0 Å². The summed E-state index contributed by atoms with van der Waals surface area (Å²) in [5, 5.41) is 0. The van der Waals surface area contributed by atoms with Crippen molar-refractivity contribution >= 4 is 17.7 Å². The summed E-state index contributed by atoms with van der Waals surface area (Å²) in [7, 11) is -9.13. The van der Waals surface area contributed by atoms with Gasteiger partial charge in [-0.25, -0.2) is 0 Å². The quantitative estimate of drug-likeness (QED) is 0.462. The van der Waals surface area contributed by atoms with Gasteiger partial charge in [-0.2, -0.15) is 8.42 Å². The summed E-state index contributed by atoms with van der Waals surface area (Å²) in [6, 6.07) is 0. The Bertz CT molecular complexity index is 239. The summed E-state index contributed by atoms with van der Waals surface area (Å²) in [5.74, 6) is -1.03. The molecule has 0 aliphatic heterocycles. The van der Waals surface area contributed by atoms with Gasteiger partial charge in [0.25, 0.3) is 10.1 Å². The van der Waals surface area contributed by atoms with Gasteiger partial charge in [0.15, 0.2) is 0 Å². The molecule has 0 heterocycles. The van der Waals surface area contributed by atoms with Gasteiger partial charge in [0.2, 0.25) is 0 Å². The molecular formula is C2H5O6PSZr. The Morgan fingerprint density at radius 3 is 1.82 bits per heavy atom. The zero-order chi connectivity index (χ0) is 8.41. The van der Waals surface area contributed by atoms with Crippen molar-refractivity contribution in [2.24, 2.45) is 0 Å². The second kappa shape index (κ2) is 4.85. The number of rotatable bonds is 3. The first-order chi connectivity index (χ1) is 4.21. The number of hydrogen-bond donors (Lipinski definition) is 1. The number of hydrogen-bond acceptors (Lipinski definition) is 5. The van der Waals surface area contributed by atoms with Crippen LogP contribution in [-0.2, 0) is 40.9 Å². The van der Waals surface area contributed by atoms with E-state index in [9.17, 15) is 22.8 Å². The minimum absolute atomic E-state index is 0. The van der Waals surface area contributed by atoms with Crippen molar-refractivity contribution in [3.05, 3.63) is 0 Å². The van der Waals surface area contributed by atoms with Crippen LogP contribution in [0, 0.1) is 0 Å². The molecule has 0 bridgehead atoms. The van der Waals surface area contributed by atoms with E-state index in [1.54, 1.807) is 0 Å². The fourth-order valence-corrected chi connectivity index (χ4v) is 2.04. The standard InChI is InChI=1S/C2H7O6PS.Zr/c3-9(4,5)1-2-10(6,7)8;/h1-2H2,(H2,3,4,5)(H,6,7,8);/q;+2/p-2. The second-order valence-corrected chi connectivity index (χ2v) is 4.86. The average Bonchev–Trinajstić information content (AvgIpc) is 1.57. The smallest absolute Gasteiger partial charge is 0.811 e. The molecule has 0 saturated carbocycles. The van der Waals surface area contributed by atoms with E-state index in [0.29, 0.717) is 0 Å². The van der Waals surface area contributed by atoms with Crippen molar-refractivity contribution in [3.8, 4) is 0 Å². The fraction of sp³-hybridized carbons (Fsp3) is 1.00. The maximum Gasteiger partial charge on any atom is 2.00 e. The maximum absolute atomic E-state index is 9.83. The van der Waals surface area contributed by atoms with Crippen molar-refractivity contribution in [3.63, 3.8) is 0 Å². The molecule has 11 heavy (non-hydrogen) atoms. The molecule has 0 aromatic rings. The summed E-state index contributed by atoms with van der Waals surface area (Å²) in [5.41, 5.74) is 0. The molecule has 1 N–H and O–H groups in total. The van der Waals surface area contributed by atoms with Crippen molar-refractivity contribution in [2.45, 2.75) is 0 Å². The van der Waals surface area contributed by atoms with E-state index in [2.05, 4.69) is 0 Å². The van der Waals surface area contributed by atoms with Crippen LogP contribution in [0.2, 0.25) is 0 Å². The molecule has 0 spiro atoms. The molecule has 0 saturated heterocycles. The Balaban J connectivity index is 0. The average molecular weight is 279 g/mol. The molecule has 0 aromatic heterocycles. The van der Waals surface area contributed by atoms with Crippen LogP contribution in [0.4, 0.5) is 0 Å². The summed E-state index contributed by atoms with van der Waals surface area (Å²) >= 11 is 0. The van der Waals surface area contributed by atoms with E-state index < -0.39 is 29.6 Å². The van der Waals surface area contributed by atoms with E-state index in [1.165, 1.54) is 0 Å². The first kappa shape index (κ1) is 14.5. The summed E-state index contributed by atoms with van der Waals surface area (Å²) in [6.07, 6.45) is -1.06. The van der Waals surface area contributed by atoms with Crippen molar-refractivity contribution in [1.29, 1.82) is 0 Å². The molecule has 0 aliphatic carbocycles. The minimum Gasteiger partial charge on any atom is -0.811 e. The third-order valence-electron chi connectivity index (χ3n) is 0.623. The third kappa shape index (κ3) is 13.9. The van der Waals surface area contributed by atoms with Crippen LogP contribution in [-0.4, -0.2) is 24.9 Å². The van der Waals surface area contributed by atoms with Gasteiger partial charge in [0, 0.05) is 0 Å². The van der Waals surface area contributed by atoms with Crippen LogP contribution < -0.4 is 9.79 Å². The molecule has 0 unspecified atom stereocenters. The molecule has 0 rings (SSSR count). The first-order valence-electron chi connectivity index (χ1n) is 2.17. The van der Waals surface area contributed by atoms with Gasteiger partial charge in [-0.05, 0) is 6.16 Å². The SMILES string of the molecule is O=P([O-])([O-])CCS(=O)(=O)O.[Zr+2]. The second-order valence-electron chi connectivity index (χ2n) is 1.62. The van der Waals surface area contributed by atoms with Gasteiger partial charge < -0.3 is 14.4 Å². The van der Waals surface area contributed by atoms with Crippen molar-refractivity contribution in [1.82, 2.24) is 0 Å². The van der Waals surface area contributed by atoms with Gasteiger partial charge in [-0.1, -0.05) is 7.60 Å². The zero-order valence-corrected chi connectivity index (χ0v) is 9.43. The molecule has 64 valence electrons. The Labute approximate surface area is 83.0 Å². The van der Waals surface area contributed by atoms with Crippen LogP contribution in [0.25, 0.3) is 0 Å². The van der Waals surface area contributed by atoms with E-state index >= 15 is 0 Å². The predicted molar refractivity (Wildman–Crippen MR) is 28.9 cm³/mol. The van der Waals surface area contributed by atoms with Crippen molar-refractivity contribution < 1.29 is 53.5 Å².